The molecule has 0 aliphatic rings. The molecule has 2 aromatic rings. The summed E-state index contributed by atoms with van der Waals surface area (Å²) >= 11 is 11.4. The van der Waals surface area contributed by atoms with Crippen LogP contribution in [0, 0.1) is 6.92 Å². The van der Waals surface area contributed by atoms with Gasteiger partial charge in [-0.1, -0.05) is 34.5 Å². The van der Waals surface area contributed by atoms with E-state index >= 15 is 0 Å². The minimum Gasteiger partial charge on any atom is -0.307 e. The third-order valence-corrected chi connectivity index (χ3v) is 5.08. The molecule has 0 radical (unpaired) electrons. The van der Waals surface area contributed by atoms with Crippen LogP contribution in [-0.2, 0) is 6.42 Å². The predicted octanol–water partition coefficient (Wildman–Crippen LogP) is 4.74. The third kappa shape index (κ3) is 3.19. The van der Waals surface area contributed by atoms with Crippen molar-refractivity contribution < 1.29 is 0 Å². The smallest absolute Gasteiger partial charge is 0.115 e. The van der Waals surface area contributed by atoms with Gasteiger partial charge in [0, 0.05) is 14.4 Å². The van der Waals surface area contributed by atoms with Gasteiger partial charge in [0.15, 0.2) is 0 Å². The van der Waals surface area contributed by atoms with E-state index in [0.29, 0.717) is 0 Å². The Kier molecular flexibility index (Phi) is 5.01. The molecule has 2 rings (SSSR count). The van der Waals surface area contributed by atoms with Crippen LogP contribution >= 0.6 is 38.9 Å². The number of rotatable bonds is 4. The second-order valence-electron chi connectivity index (χ2n) is 4.30. The van der Waals surface area contributed by atoms with Crippen molar-refractivity contribution in [3.05, 3.63) is 48.8 Å². The van der Waals surface area contributed by atoms with Crippen molar-refractivity contribution in [3.8, 4) is 0 Å². The highest BCUT2D eigenvalue weighted by atomic mass is 79.9. The van der Waals surface area contributed by atoms with Crippen molar-refractivity contribution in [2.45, 2.75) is 26.3 Å². The zero-order valence-electron chi connectivity index (χ0n) is 11.1. The number of hydrogen-bond donors (Lipinski definition) is 1. The molecule has 1 aromatic heterocycles. The zero-order chi connectivity index (χ0) is 14.0. The average Bonchev–Trinajstić information content (AvgIpc) is 2.75. The molecule has 0 saturated heterocycles. The molecule has 2 nitrogen and oxygen atoms in total. The molecular formula is C14H16BrClN2S. The number of nitrogens with one attached hydrogen (secondary N) is 1. The van der Waals surface area contributed by atoms with Crippen LogP contribution in [-0.4, -0.2) is 12.0 Å². The van der Waals surface area contributed by atoms with Crippen molar-refractivity contribution in [1.29, 1.82) is 0 Å². The molecule has 0 saturated carbocycles. The standard InChI is InChI=1S/C14H16BrClN2S/c1-4-12-8(2)19-14(18-12)13(17-3)10-7-9(16)5-6-11(10)15/h5-7,13,17H,4H2,1-3H3. The van der Waals surface area contributed by atoms with Gasteiger partial charge in [0.05, 0.1) is 11.7 Å². The fourth-order valence-electron chi connectivity index (χ4n) is 2.05. The van der Waals surface area contributed by atoms with E-state index in [-0.39, 0.29) is 6.04 Å². The molecule has 0 spiro atoms. The number of halogens is 2. The second-order valence-corrected chi connectivity index (χ2v) is 6.82. The first-order valence-corrected chi connectivity index (χ1v) is 8.14. The fourth-order valence-corrected chi connectivity index (χ4v) is 3.85. The Morgan fingerprint density at radius 2 is 2.21 bits per heavy atom. The molecule has 1 unspecified atom stereocenters. The van der Waals surface area contributed by atoms with Gasteiger partial charge in [-0.05, 0) is 44.2 Å². The van der Waals surface area contributed by atoms with Crippen LogP contribution in [0.2, 0.25) is 5.02 Å². The Morgan fingerprint density at radius 1 is 1.47 bits per heavy atom. The predicted molar refractivity (Wildman–Crippen MR) is 86.3 cm³/mol. The monoisotopic (exact) mass is 358 g/mol. The summed E-state index contributed by atoms with van der Waals surface area (Å²) in [5, 5.41) is 5.15. The molecule has 1 N–H and O–H groups in total. The van der Waals surface area contributed by atoms with E-state index in [9.17, 15) is 0 Å². The highest BCUT2D eigenvalue weighted by Gasteiger charge is 2.20. The largest absolute Gasteiger partial charge is 0.307 e. The van der Waals surface area contributed by atoms with E-state index in [0.717, 1.165) is 26.5 Å². The molecule has 0 bridgehead atoms. The molecule has 1 atom stereocenters. The number of aryl methyl sites for hydroxylation is 2. The molecule has 0 aliphatic heterocycles. The first-order chi connectivity index (χ1) is 9.06. The van der Waals surface area contributed by atoms with Crippen molar-refractivity contribution in [1.82, 2.24) is 10.3 Å². The van der Waals surface area contributed by atoms with E-state index in [1.807, 2.05) is 25.2 Å². The molecule has 0 amide bonds. The Hall–Kier alpha value is -0.420. The Bertz CT molecular complexity index is 583. The van der Waals surface area contributed by atoms with Gasteiger partial charge < -0.3 is 5.32 Å². The van der Waals surface area contributed by atoms with Gasteiger partial charge in [-0.3, -0.25) is 0 Å². The summed E-state index contributed by atoms with van der Waals surface area (Å²) in [7, 11) is 1.94. The van der Waals surface area contributed by atoms with Crippen LogP contribution in [0.1, 0.15) is 34.1 Å². The molecule has 5 heteroatoms. The molecule has 1 aromatic carbocycles. The van der Waals surface area contributed by atoms with Crippen molar-refractivity contribution in [3.63, 3.8) is 0 Å². The molecule has 0 aliphatic carbocycles. The number of hydrogen-bond acceptors (Lipinski definition) is 3. The summed E-state index contributed by atoms with van der Waals surface area (Å²) in [5.41, 5.74) is 2.30. The number of thiazole rings is 1. The van der Waals surface area contributed by atoms with Gasteiger partial charge in [0.2, 0.25) is 0 Å². The van der Waals surface area contributed by atoms with Gasteiger partial charge in [0.25, 0.3) is 0 Å². The Balaban J connectivity index is 2.46. The van der Waals surface area contributed by atoms with Crippen LogP contribution < -0.4 is 5.32 Å². The Labute approximate surface area is 131 Å². The highest BCUT2D eigenvalue weighted by Crippen LogP contribution is 2.33. The normalized spacial score (nSPS) is 12.7. The Morgan fingerprint density at radius 3 is 2.79 bits per heavy atom. The van der Waals surface area contributed by atoms with Gasteiger partial charge >= 0.3 is 0 Å². The highest BCUT2D eigenvalue weighted by molar-refractivity contribution is 9.10. The summed E-state index contributed by atoms with van der Waals surface area (Å²) < 4.78 is 1.04. The summed E-state index contributed by atoms with van der Waals surface area (Å²) in [5.74, 6) is 0. The lowest BCUT2D eigenvalue weighted by molar-refractivity contribution is 0.680. The summed E-state index contributed by atoms with van der Waals surface area (Å²) in [6, 6.07) is 5.90. The molecule has 102 valence electrons. The van der Waals surface area contributed by atoms with Gasteiger partial charge in [-0.25, -0.2) is 4.98 Å². The average molecular weight is 360 g/mol. The van der Waals surface area contributed by atoms with Gasteiger partial charge in [0.1, 0.15) is 5.01 Å². The lowest BCUT2D eigenvalue weighted by Gasteiger charge is -2.16. The first kappa shape index (κ1) is 15.0. The zero-order valence-corrected chi connectivity index (χ0v) is 14.3. The number of benzene rings is 1. The van der Waals surface area contributed by atoms with Crippen molar-refractivity contribution >= 4 is 38.9 Å². The molecule has 19 heavy (non-hydrogen) atoms. The van der Waals surface area contributed by atoms with E-state index in [1.165, 1.54) is 10.6 Å². The SMILES string of the molecule is CCc1nc(C(NC)c2cc(Cl)ccc2Br)sc1C. The fraction of sp³-hybridized carbons (Fsp3) is 0.357. The summed E-state index contributed by atoms with van der Waals surface area (Å²) in [4.78, 5) is 6.03. The van der Waals surface area contributed by atoms with Gasteiger partial charge in [-0.15, -0.1) is 11.3 Å². The van der Waals surface area contributed by atoms with Crippen LogP contribution in [0.5, 0.6) is 0 Å². The first-order valence-electron chi connectivity index (χ1n) is 6.15. The lowest BCUT2D eigenvalue weighted by Crippen LogP contribution is -2.18. The van der Waals surface area contributed by atoms with Crippen molar-refractivity contribution in [2.24, 2.45) is 0 Å². The van der Waals surface area contributed by atoms with Crippen LogP contribution in [0.15, 0.2) is 22.7 Å². The van der Waals surface area contributed by atoms with Crippen LogP contribution in [0.4, 0.5) is 0 Å². The van der Waals surface area contributed by atoms with E-state index in [4.69, 9.17) is 16.6 Å². The maximum absolute atomic E-state index is 6.10. The second kappa shape index (κ2) is 6.35. The summed E-state index contributed by atoms with van der Waals surface area (Å²) in [6.07, 6.45) is 0.968. The van der Waals surface area contributed by atoms with Crippen molar-refractivity contribution in [2.75, 3.05) is 7.05 Å². The molecule has 0 fully saturated rings. The topological polar surface area (TPSA) is 24.9 Å². The van der Waals surface area contributed by atoms with Crippen LogP contribution in [0.25, 0.3) is 0 Å². The quantitative estimate of drug-likeness (QED) is 0.853. The van der Waals surface area contributed by atoms with E-state index in [2.05, 4.69) is 35.1 Å². The molecule has 1 heterocycles. The maximum Gasteiger partial charge on any atom is 0.115 e. The van der Waals surface area contributed by atoms with Crippen LogP contribution in [0.3, 0.4) is 0 Å². The van der Waals surface area contributed by atoms with E-state index < -0.39 is 0 Å². The molecular weight excluding hydrogens is 344 g/mol. The van der Waals surface area contributed by atoms with Gasteiger partial charge in [-0.2, -0.15) is 0 Å². The van der Waals surface area contributed by atoms with E-state index in [1.54, 1.807) is 11.3 Å². The lowest BCUT2D eigenvalue weighted by atomic mass is 10.1. The number of nitrogens with zero attached hydrogens (tertiary/aromatic N) is 1. The summed E-state index contributed by atoms with van der Waals surface area (Å²) in [6.45, 7) is 4.26. The third-order valence-electron chi connectivity index (χ3n) is 3.05. The minimum absolute atomic E-state index is 0.0667. The maximum atomic E-state index is 6.10. The minimum atomic E-state index is 0.0667. The number of aromatic nitrogens is 1.